The van der Waals surface area contributed by atoms with Crippen LogP contribution < -0.4 is 10.2 Å². The second kappa shape index (κ2) is 7.89. The Hall–Kier alpha value is -2.37. The highest BCUT2D eigenvalue weighted by Crippen LogP contribution is 2.30. The molecule has 0 saturated carbocycles. The van der Waals surface area contributed by atoms with Gasteiger partial charge in [-0.3, -0.25) is 9.89 Å². The number of benzene rings is 1. The summed E-state index contributed by atoms with van der Waals surface area (Å²) in [6.07, 6.45) is 1.86. The van der Waals surface area contributed by atoms with Crippen LogP contribution in [-0.2, 0) is 4.79 Å². The molecule has 1 saturated heterocycles. The van der Waals surface area contributed by atoms with Gasteiger partial charge in [-0.2, -0.15) is 5.10 Å². The van der Waals surface area contributed by atoms with Crippen molar-refractivity contribution in [2.45, 2.75) is 58.5 Å². The Morgan fingerprint density at radius 2 is 2.08 bits per heavy atom. The van der Waals surface area contributed by atoms with Crippen LogP contribution in [0, 0.1) is 5.92 Å². The van der Waals surface area contributed by atoms with Crippen LogP contribution in [0.25, 0.3) is 0 Å². The number of aromatic nitrogens is 3. The number of hydrogen-bond acceptors (Lipinski definition) is 4. The molecule has 0 bridgehead atoms. The van der Waals surface area contributed by atoms with Gasteiger partial charge >= 0.3 is 0 Å². The van der Waals surface area contributed by atoms with Crippen molar-refractivity contribution in [3.8, 4) is 0 Å². The lowest BCUT2D eigenvalue weighted by molar-refractivity contribution is -0.125. The Morgan fingerprint density at radius 1 is 1.35 bits per heavy atom. The van der Waals surface area contributed by atoms with Gasteiger partial charge in [0.05, 0.1) is 12.0 Å². The highest BCUT2D eigenvalue weighted by Gasteiger charge is 2.36. The molecule has 0 radical (unpaired) electrons. The van der Waals surface area contributed by atoms with Crippen LogP contribution >= 0.6 is 0 Å². The van der Waals surface area contributed by atoms with E-state index in [1.165, 1.54) is 5.69 Å². The number of aromatic amines is 1. The number of hydrogen-bond donors (Lipinski definition) is 2. The summed E-state index contributed by atoms with van der Waals surface area (Å²) in [6, 6.07) is 10.3. The van der Waals surface area contributed by atoms with Gasteiger partial charge in [-0.1, -0.05) is 32.0 Å². The number of carbonyl (C=O) groups is 1. The fraction of sp³-hybridized carbons (Fsp3) is 0.550. The first-order valence-electron chi connectivity index (χ1n) is 9.55. The fourth-order valence-electron chi connectivity index (χ4n) is 3.55. The Kier molecular flexibility index (Phi) is 5.59. The Labute approximate surface area is 155 Å². The Bertz CT molecular complexity index is 729. The van der Waals surface area contributed by atoms with Gasteiger partial charge in [0.15, 0.2) is 5.82 Å². The number of carbonyl (C=O) groups excluding carboxylic acids is 1. The lowest BCUT2D eigenvalue weighted by Gasteiger charge is -2.26. The SMILES string of the molecule is CCC(C)c1n[nH]c(C(C)NC(=O)[C@@H]2CCN(c3ccccc3)[C@@H]2C)n1. The molecule has 26 heavy (non-hydrogen) atoms. The van der Waals surface area contributed by atoms with Gasteiger partial charge in [0.1, 0.15) is 5.82 Å². The monoisotopic (exact) mass is 355 g/mol. The lowest BCUT2D eigenvalue weighted by Crippen LogP contribution is -2.39. The highest BCUT2D eigenvalue weighted by atomic mass is 16.2. The van der Waals surface area contributed by atoms with E-state index >= 15 is 0 Å². The van der Waals surface area contributed by atoms with E-state index in [-0.39, 0.29) is 23.9 Å². The molecular weight excluding hydrogens is 326 g/mol. The molecule has 4 atom stereocenters. The van der Waals surface area contributed by atoms with E-state index in [0.29, 0.717) is 5.92 Å². The highest BCUT2D eigenvalue weighted by molar-refractivity contribution is 5.81. The summed E-state index contributed by atoms with van der Waals surface area (Å²) in [6.45, 7) is 9.20. The van der Waals surface area contributed by atoms with E-state index in [1.54, 1.807) is 0 Å². The molecule has 140 valence electrons. The molecule has 1 aliphatic heterocycles. The van der Waals surface area contributed by atoms with Gasteiger partial charge in [0.25, 0.3) is 0 Å². The standard InChI is InChI=1S/C20H29N5O/c1-5-13(2)18-22-19(24-23-18)14(3)21-20(26)17-11-12-25(15(17)4)16-9-7-6-8-10-16/h6-10,13-15,17H,5,11-12H2,1-4H3,(H,21,26)(H,22,23,24)/t13?,14?,15-,17-/m1/s1. The third-order valence-corrected chi connectivity index (χ3v) is 5.52. The number of amides is 1. The van der Waals surface area contributed by atoms with Crippen molar-refractivity contribution in [2.24, 2.45) is 5.92 Å². The molecule has 2 aromatic rings. The first-order chi connectivity index (χ1) is 12.5. The minimum atomic E-state index is -0.175. The zero-order valence-electron chi connectivity index (χ0n) is 16.1. The number of rotatable bonds is 6. The summed E-state index contributed by atoms with van der Waals surface area (Å²) in [4.78, 5) is 19.7. The summed E-state index contributed by atoms with van der Waals surface area (Å²) in [5.41, 5.74) is 1.18. The third-order valence-electron chi connectivity index (χ3n) is 5.52. The van der Waals surface area contributed by atoms with Crippen molar-refractivity contribution >= 4 is 11.6 Å². The smallest absolute Gasteiger partial charge is 0.225 e. The van der Waals surface area contributed by atoms with Crippen LogP contribution in [-0.4, -0.2) is 33.7 Å². The maximum atomic E-state index is 12.8. The van der Waals surface area contributed by atoms with Gasteiger partial charge in [-0.25, -0.2) is 4.98 Å². The molecule has 2 N–H and O–H groups in total. The van der Waals surface area contributed by atoms with Gasteiger partial charge in [-0.05, 0) is 38.8 Å². The van der Waals surface area contributed by atoms with Crippen molar-refractivity contribution in [3.63, 3.8) is 0 Å². The van der Waals surface area contributed by atoms with Crippen molar-refractivity contribution in [1.29, 1.82) is 0 Å². The van der Waals surface area contributed by atoms with E-state index in [0.717, 1.165) is 31.0 Å². The van der Waals surface area contributed by atoms with Gasteiger partial charge in [0, 0.05) is 24.2 Å². The molecule has 0 aliphatic carbocycles. The third kappa shape index (κ3) is 3.74. The van der Waals surface area contributed by atoms with Gasteiger partial charge in [0.2, 0.25) is 5.91 Å². The summed E-state index contributed by atoms with van der Waals surface area (Å²) in [5, 5.41) is 10.4. The molecule has 0 spiro atoms. The summed E-state index contributed by atoms with van der Waals surface area (Å²) in [5.74, 6) is 1.92. The Morgan fingerprint density at radius 3 is 2.77 bits per heavy atom. The minimum absolute atomic E-state index is 0.0189. The number of anilines is 1. The van der Waals surface area contributed by atoms with Crippen LogP contribution in [0.5, 0.6) is 0 Å². The van der Waals surface area contributed by atoms with Crippen LogP contribution in [0.4, 0.5) is 5.69 Å². The van der Waals surface area contributed by atoms with Crippen molar-refractivity contribution in [1.82, 2.24) is 20.5 Å². The van der Waals surface area contributed by atoms with Crippen LogP contribution in [0.1, 0.15) is 64.1 Å². The number of para-hydroxylation sites is 1. The van der Waals surface area contributed by atoms with Gasteiger partial charge in [-0.15, -0.1) is 0 Å². The molecule has 1 aromatic carbocycles. The number of nitrogens with one attached hydrogen (secondary N) is 2. The zero-order valence-corrected chi connectivity index (χ0v) is 16.1. The van der Waals surface area contributed by atoms with Crippen LogP contribution in [0.3, 0.4) is 0 Å². The number of H-pyrrole nitrogens is 1. The summed E-state index contributed by atoms with van der Waals surface area (Å²) in [7, 11) is 0. The van der Waals surface area contributed by atoms with E-state index in [2.05, 4.69) is 58.3 Å². The zero-order chi connectivity index (χ0) is 18.7. The van der Waals surface area contributed by atoms with E-state index < -0.39 is 0 Å². The normalized spacial score (nSPS) is 22.2. The maximum absolute atomic E-state index is 12.8. The second-order valence-corrected chi connectivity index (χ2v) is 7.28. The second-order valence-electron chi connectivity index (χ2n) is 7.28. The number of nitrogens with zero attached hydrogens (tertiary/aromatic N) is 3. The molecule has 6 nitrogen and oxygen atoms in total. The lowest BCUT2D eigenvalue weighted by atomic mass is 10.00. The molecule has 1 amide bonds. The maximum Gasteiger partial charge on any atom is 0.225 e. The Balaban J connectivity index is 1.62. The fourth-order valence-corrected chi connectivity index (χ4v) is 3.55. The topological polar surface area (TPSA) is 73.9 Å². The minimum Gasteiger partial charge on any atom is -0.368 e. The summed E-state index contributed by atoms with van der Waals surface area (Å²) < 4.78 is 0. The molecule has 1 aromatic heterocycles. The largest absolute Gasteiger partial charge is 0.368 e. The molecule has 2 heterocycles. The predicted molar refractivity (Wildman–Crippen MR) is 103 cm³/mol. The molecule has 1 aliphatic rings. The van der Waals surface area contributed by atoms with Crippen LogP contribution in [0.2, 0.25) is 0 Å². The van der Waals surface area contributed by atoms with Crippen LogP contribution in [0.15, 0.2) is 30.3 Å². The average Bonchev–Trinajstić information content (AvgIpc) is 3.29. The van der Waals surface area contributed by atoms with E-state index in [1.807, 2.05) is 25.1 Å². The molecule has 1 fully saturated rings. The first-order valence-corrected chi connectivity index (χ1v) is 9.55. The van der Waals surface area contributed by atoms with Gasteiger partial charge < -0.3 is 10.2 Å². The van der Waals surface area contributed by atoms with Crippen molar-refractivity contribution in [2.75, 3.05) is 11.4 Å². The molecule has 3 rings (SSSR count). The average molecular weight is 355 g/mol. The van der Waals surface area contributed by atoms with E-state index in [9.17, 15) is 4.79 Å². The molecular formula is C20H29N5O. The predicted octanol–water partition coefficient (Wildman–Crippen LogP) is 3.41. The summed E-state index contributed by atoms with van der Waals surface area (Å²) >= 11 is 0. The quantitative estimate of drug-likeness (QED) is 0.833. The molecule has 6 heteroatoms. The molecule has 2 unspecified atom stereocenters. The first kappa shape index (κ1) is 18.4. The van der Waals surface area contributed by atoms with Crippen molar-refractivity contribution < 1.29 is 4.79 Å². The van der Waals surface area contributed by atoms with E-state index in [4.69, 9.17) is 0 Å². The van der Waals surface area contributed by atoms with Crippen molar-refractivity contribution in [3.05, 3.63) is 42.0 Å².